The Balaban J connectivity index is -0.000000297. The average Bonchev–Trinajstić information content (AvgIpc) is 3.04. The zero-order valence-electron chi connectivity index (χ0n) is 37.2. The number of Topliss-reactive ketones (excluding diaryl/α,β-unsaturated/α-hetero) is 6. The molecule has 0 atom stereocenters. The molecule has 0 heterocycles. The van der Waals surface area contributed by atoms with E-state index >= 15 is 0 Å². The molecule has 0 aliphatic carbocycles. The molecule has 0 amide bonds. The number of hydrogen-bond donors (Lipinski definition) is 1. The average molecular weight is 739 g/mol. The highest BCUT2D eigenvalue weighted by Gasteiger charge is 2.13. The third kappa shape index (κ3) is 39.2. The topological polar surface area (TPSA) is 118 Å². The minimum atomic E-state index is 0.0602. The molecule has 0 aromatic rings. The van der Waals surface area contributed by atoms with Crippen LogP contribution in [0.1, 0.15) is 181 Å². The summed E-state index contributed by atoms with van der Waals surface area (Å²) in [7, 11) is 2.16. The summed E-state index contributed by atoms with van der Waals surface area (Å²) in [6.07, 6.45) is 8.66. The summed E-state index contributed by atoms with van der Waals surface area (Å²) < 4.78 is 0. The molecule has 0 aliphatic rings. The molecule has 0 aliphatic heterocycles. The van der Waals surface area contributed by atoms with Gasteiger partial charge in [0.15, 0.2) is 0 Å². The molecule has 0 aromatic carbocycles. The molecule has 8 heteroatoms. The third-order valence-electron chi connectivity index (χ3n) is 8.82. The molecule has 0 fully saturated rings. The molecule has 1 N–H and O–H groups in total. The first-order chi connectivity index (χ1) is 23.9. The van der Waals surface area contributed by atoms with Crippen LogP contribution < -0.4 is 5.32 Å². The van der Waals surface area contributed by atoms with Crippen LogP contribution in [0.2, 0.25) is 0 Å². The summed E-state index contributed by atoms with van der Waals surface area (Å²) >= 11 is 0. The van der Waals surface area contributed by atoms with Crippen molar-refractivity contribution in [3.63, 3.8) is 0 Å². The molecule has 0 saturated heterocycles. The zero-order valence-corrected chi connectivity index (χ0v) is 37.2. The lowest BCUT2D eigenvalue weighted by Gasteiger charge is -2.20. The number of hydrogen-bond acceptors (Lipinski definition) is 8. The van der Waals surface area contributed by atoms with Gasteiger partial charge >= 0.3 is 0 Å². The Morgan fingerprint density at radius 3 is 0.923 bits per heavy atom. The Hall–Kier alpha value is -2.06. The molecule has 0 spiro atoms. The molecular formula is C44H86N2O6. The van der Waals surface area contributed by atoms with Gasteiger partial charge in [0.25, 0.3) is 0 Å². The van der Waals surface area contributed by atoms with Gasteiger partial charge in [0, 0.05) is 92.7 Å². The smallest absolute Gasteiger partial charge is 0.136 e. The van der Waals surface area contributed by atoms with E-state index in [4.69, 9.17) is 0 Å². The number of unbranched alkanes of at least 4 members (excludes halogenated alkanes) is 3. The maximum atomic E-state index is 11.3. The number of ketones is 6. The zero-order chi connectivity index (χ0) is 41.6. The van der Waals surface area contributed by atoms with Crippen molar-refractivity contribution in [1.82, 2.24) is 10.2 Å². The van der Waals surface area contributed by atoms with Crippen molar-refractivity contribution >= 4 is 34.7 Å². The second kappa shape index (κ2) is 34.7. The minimum absolute atomic E-state index is 0.0602. The fraction of sp³-hybridized carbons (Fsp3) is 0.864. The first kappa shape index (κ1) is 56.7. The normalized spacial score (nSPS) is 11.2. The van der Waals surface area contributed by atoms with Crippen LogP contribution >= 0.6 is 0 Å². The van der Waals surface area contributed by atoms with E-state index < -0.39 is 0 Å². The molecule has 0 saturated carbocycles. The van der Waals surface area contributed by atoms with Crippen molar-refractivity contribution in [3.8, 4) is 0 Å². The molecule has 8 nitrogen and oxygen atoms in total. The van der Waals surface area contributed by atoms with Crippen molar-refractivity contribution in [3.05, 3.63) is 0 Å². The van der Waals surface area contributed by atoms with Crippen LogP contribution in [0.15, 0.2) is 0 Å². The van der Waals surface area contributed by atoms with E-state index in [9.17, 15) is 28.8 Å². The molecule has 0 aromatic heterocycles. The quantitative estimate of drug-likeness (QED) is 0.0920. The van der Waals surface area contributed by atoms with E-state index in [1.54, 1.807) is 0 Å². The molecule has 0 radical (unpaired) electrons. The van der Waals surface area contributed by atoms with Gasteiger partial charge in [-0.1, -0.05) is 103 Å². The van der Waals surface area contributed by atoms with E-state index in [1.807, 2.05) is 83.1 Å². The summed E-state index contributed by atoms with van der Waals surface area (Å²) in [5.41, 5.74) is 0. The Labute approximate surface area is 322 Å². The number of carbonyl (C=O) groups excluding carboxylic acids is 6. The Morgan fingerprint density at radius 1 is 0.385 bits per heavy atom. The van der Waals surface area contributed by atoms with Gasteiger partial charge < -0.3 is 10.2 Å². The van der Waals surface area contributed by atoms with E-state index in [2.05, 4.69) is 45.0 Å². The highest BCUT2D eigenvalue weighted by molar-refractivity contribution is 5.87. The van der Waals surface area contributed by atoms with Gasteiger partial charge in [0.2, 0.25) is 0 Å². The summed E-state index contributed by atoms with van der Waals surface area (Å²) in [5.74, 6) is 2.52. The summed E-state index contributed by atoms with van der Waals surface area (Å²) in [5, 5.41) is 3.21. The summed E-state index contributed by atoms with van der Waals surface area (Å²) in [4.78, 5) is 69.5. The molecule has 0 unspecified atom stereocenters. The predicted octanol–water partition coefficient (Wildman–Crippen LogP) is 9.93. The van der Waals surface area contributed by atoms with Gasteiger partial charge in [-0.25, -0.2) is 0 Å². The second-order valence-electron chi connectivity index (χ2n) is 16.7. The van der Waals surface area contributed by atoms with Gasteiger partial charge in [-0.3, -0.25) is 28.8 Å². The molecule has 0 bridgehead atoms. The van der Waals surface area contributed by atoms with Crippen LogP contribution in [0.25, 0.3) is 0 Å². The summed E-state index contributed by atoms with van der Waals surface area (Å²) in [6.45, 7) is 33.5. The Kier molecular flexibility index (Phi) is 37.8. The lowest BCUT2D eigenvalue weighted by atomic mass is 9.99. The largest absolute Gasteiger partial charge is 0.314 e. The second-order valence-corrected chi connectivity index (χ2v) is 16.7. The molecular weight excluding hydrogens is 652 g/mol. The number of rotatable bonds is 25. The van der Waals surface area contributed by atoms with Crippen molar-refractivity contribution in [2.24, 2.45) is 35.5 Å². The summed E-state index contributed by atoms with van der Waals surface area (Å²) in [6, 6.07) is 1.11. The molecule has 52 heavy (non-hydrogen) atoms. The van der Waals surface area contributed by atoms with Crippen molar-refractivity contribution < 1.29 is 28.8 Å². The first-order valence-electron chi connectivity index (χ1n) is 20.5. The van der Waals surface area contributed by atoms with Crippen LogP contribution in [0, 0.1) is 35.5 Å². The van der Waals surface area contributed by atoms with Gasteiger partial charge in [-0.05, 0) is 53.1 Å². The van der Waals surface area contributed by atoms with Crippen LogP contribution in [0.3, 0.4) is 0 Å². The van der Waals surface area contributed by atoms with E-state index in [-0.39, 0.29) is 47.1 Å². The fourth-order valence-electron chi connectivity index (χ4n) is 4.16. The van der Waals surface area contributed by atoms with Gasteiger partial charge in [0.1, 0.15) is 34.7 Å². The van der Waals surface area contributed by atoms with Crippen molar-refractivity contribution in [1.29, 1.82) is 0 Å². The number of nitrogens with zero attached hydrogens (tertiary/aromatic N) is 1. The van der Waals surface area contributed by atoms with Crippen LogP contribution in [0.4, 0.5) is 0 Å². The maximum absolute atomic E-state index is 11.3. The Bertz CT molecular complexity index is 922. The first-order valence-corrected chi connectivity index (χ1v) is 20.5. The SMILES string of the molecule is CC(C)C(=O)CCC(=O)C(C)C.CC(C)C(=O)CCCCC(=O)C(C)C.CC(C)C(=O)CCCCCN(C)C(C)C.CC(C)NCCC(=O)C(C)C. The van der Waals surface area contributed by atoms with E-state index in [1.165, 1.54) is 12.8 Å². The maximum Gasteiger partial charge on any atom is 0.136 e. The highest BCUT2D eigenvalue weighted by Crippen LogP contribution is 2.10. The highest BCUT2D eigenvalue weighted by atomic mass is 16.1. The monoisotopic (exact) mass is 739 g/mol. The van der Waals surface area contributed by atoms with Crippen LogP contribution in [-0.4, -0.2) is 71.8 Å². The lowest BCUT2D eigenvalue weighted by Crippen LogP contribution is -2.27. The van der Waals surface area contributed by atoms with Crippen molar-refractivity contribution in [2.45, 2.75) is 193 Å². The lowest BCUT2D eigenvalue weighted by molar-refractivity contribution is -0.127. The predicted molar refractivity (Wildman–Crippen MR) is 221 cm³/mol. The minimum Gasteiger partial charge on any atom is -0.314 e. The molecule has 308 valence electrons. The van der Waals surface area contributed by atoms with Gasteiger partial charge in [-0.2, -0.15) is 0 Å². The van der Waals surface area contributed by atoms with Crippen LogP contribution in [-0.2, 0) is 28.8 Å². The van der Waals surface area contributed by atoms with Crippen LogP contribution in [0.5, 0.6) is 0 Å². The van der Waals surface area contributed by atoms with E-state index in [0.29, 0.717) is 67.3 Å². The number of carbonyl (C=O) groups is 6. The van der Waals surface area contributed by atoms with Gasteiger partial charge in [-0.15, -0.1) is 0 Å². The molecule has 0 rings (SSSR count). The van der Waals surface area contributed by atoms with E-state index in [0.717, 1.165) is 38.8 Å². The Morgan fingerprint density at radius 2 is 0.654 bits per heavy atom. The fourth-order valence-corrected chi connectivity index (χ4v) is 4.16. The van der Waals surface area contributed by atoms with Crippen molar-refractivity contribution in [2.75, 3.05) is 20.1 Å². The number of nitrogens with one attached hydrogen (secondary N) is 1. The third-order valence-corrected chi connectivity index (χ3v) is 8.82. The standard InChI is InChI=1S/C13H27NO.C12H22O2.C10H18O2.C9H19NO/c1-11(2)13(15)9-7-6-8-10-14(5)12(3)4;1-9(2)11(13)7-5-6-8-12(14)10(3)4;1-7(2)9(11)5-6-10(12)8(3)4;1-7(2)9(11)5-6-10-8(3)4/h11-12H,6-10H2,1-5H3;9-10H,5-8H2,1-4H3;7-8H,5-6H2,1-4H3;7-8,10H,5-6H2,1-4H3. The van der Waals surface area contributed by atoms with Gasteiger partial charge in [0.05, 0.1) is 0 Å².